The molecule has 0 spiro atoms. The Balaban J connectivity index is 2.34. The second-order valence-electron chi connectivity index (χ2n) is 3.89. The average molecular weight is 301 g/mol. The Morgan fingerprint density at radius 1 is 1.47 bits per heavy atom. The van der Waals surface area contributed by atoms with Gasteiger partial charge < -0.3 is 5.11 Å². The first-order valence-electron chi connectivity index (χ1n) is 5.18. The highest BCUT2D eigenvalue weighted by Crippen LogP contribution is 2.28. The highest BCUT2D eigenvalue weighted by atomic mass is 32.2. The molecule has 0 amide bonds. The summed E-state index contributed by atoms with van der Waals surface area (Å²) in [5.74, 6) is -1.08. The molecule has 0 saturated carbocycles. The lowest BCUT2D eigenvalue weighted by Crippen LogP contribution is -2.12. The molecule has 0 aliphatic rings. The van der Waals surface area contributed by atoms with Gasteiger partial charge in [-0.2, -0.15) is 5.10 Å². The lowest BCUT2D eigenvalue weighted by atomic mass is 10.3. The molecule has 0 fully saturated rings. The number of aryl methyl sites for hydroxylation is 2. The van der Waals surface area contributed by atoms with Gasteiger partial charge in [0.2, 0.25) is 0 Å². The minimum Gasteiger partial charge on any atom is -0.477 e. The van der Waals surface area contributed by atoms with Crippen LogP contribution in [0.1, 0.15) is 20.9 Å². The van der Waals surface area contributed by atoms with Gasteiger partial charge in [0.05, 0.1) is 11.9 Å². The largest absolute Gasteiger partial charge is 0.477 e. The molecule has 0 radical (unpaired) electrons. The van der Waals surface area contributed by atoms with Gasteiger partial charge in [-0.05, 0) is 25.5 Å². The SMILES string of the molecule is Cc1cc(NS(=O)(=O)c2cn[nH]c2C)sc1C(=O)O. The molecule has 2 heterocycles. The van der Waals surface area contributed by atoms with Crippen molar-refractivity contribution in [3.8, 4) is 0 Å². The van der Waals surface area contributed by atoms with E-state index < -0.39 is 16.0 Å². The number of aromatic amines is 1. The van der Waals surface area contributed by atoms with Gasteiger partial charge in [0.15, 0.2) is 0 Å². The van der Waals surface area contributed by atoms with Crippen LogP contribution in [0.15, 0.2) is 17.2 Å². The highest BCUT2D eigenvalue weighted by molar-refractivity contribution is 7.93. The number of thiophene rings is 1. The van der Waals surface area contributed by atoms with E-state index in [0.29, 0.717) is 11.3 Å². The quantitative estimate of drug-likeness (QED) is 0.793. The van der Waals surface area contributed by atoms with Crippen LogP contribution in [0.25, 0.3) is 0 Å². The van der Waals surface area contributed by atoms with Gasteiger partial charge in [0.1, 0.15) is 14.8 Å². The molecule has 0 saturated heterocycles. The Morgan fingerprint density at radius 2 is 2.16 bits per heavy atom. The molecule has 0 aliphatic heterocycles. The third kappa shape index (κ3) is 2.61. The highest BCUT2D eigenvalue weighted by Gasteiger charge is 2.21. The number of sulfonamides is 1. The zero-order valence-corrected chi connectivity index (χ0v) is 11.7. The van der Waals surface area contributed by atoms with Crippen LogP contribution in [0.3, 0.4) is 0 Å². The maximum Gasteiger partial charge on any atom is 0.346 e. The predicted molar refractivity (Wildman–Crippen MR) is 70.1 cm³/mol. The number of hydrogen-bond acceptors (Lipinski definition) is 5. The molecule has 102 valence electrons. The fraction of sp³-hybridized carbons (Fsp3) is 0.200. The maximum atomic E-state index is 12.1. The molecule has 19 heavy (non-hydrogen) atoms. The number of anilines is 1. The van der Waals surface area contributed by atoms with Crippen LogP contribution in [-0.2, 0) is 10.0 Å². The average Bonchev–Trinajstić information content (AvgIpc) is 2.84. The minimum absolute atomic E-state index is 0.0374. The van der Waals surface area contributed by atoms with Crippen molar-refractivity contribution in [3.63, 3.8) is 0 Å². The lowest BCUT2D eigenvalue weighted by molar-refractivity contribution is 0.0701. The first-order chi connectivity index (χ1) is 8.81. The molecule has 0 bridgehead atoms. The van der Waals surface area contributed by atoms with E-state index in [9.17, 15) is 13.2 Å². The third-order valence-corrected chi connectivity index (χ3v) is 5.17. The molecular weight excluding hydrogens is 290 g/mol. The molecule has 9 heteroatoms. The van der Waals surface area contributed by atoms with Crippen LogP contribution < -0.4 is 4.72 Å². The molecule has 0 aromatic carbocycles. The van der Waals surface area contributed by atoms with E-state index in [0.717, 1.165) is 11.3 Å². The summed E-state index contributed by atoms with van der Waals surface area (Å²) in [5, 5.41) is 15.4. The van der Waals surface area contributed by atoms with E-state index >= 15 is 0 Å². The summed E-state index contributed by atoms with van der Waals surface area (Å²) in [7, 11) is -3.76. The maximum absolute atomic E-state index is 12.1. The van der Waals surface area contributed by atoms with Gasteiger partial charge in [-0.1, -0.05) is 0 Å². The normalized spacial score (nSPS) is 11.5. The number of nitrogens with one attached hydrogen (secondary N) is 2. The van der Waals surface area contributed by atoms with Crippen molar-refractivity contribution >= 4 is 32.3 Å². The molecular formula is C10H11N3O4S2. The second-order valence-corrected chi connectivity index (χ2v) is 6.60. The molecule has 2 aromatic heterocycles. The molecule has 0 atom stereocenters. The Bertz CT molecular complexity index is 730. The van der Waals surface area contributed by atoms with E-state index in [-0.39, 0.29) is 14.8 Å². The van der Waals surface area contributed by atoms with Crippen LogP contribution in [0.4, 0.5) is 5.00 Å². The number of carboxylic acid groups (broad SMARTS) is 1. The Morgan fingerprint density at radius 3 is 2.63 bits per heavy atom. The number of aromatic nitrogens is 2. The van der Waals surface area contributed by atoms with Crippen molar-refractivity contribution in [2.75, 3.05) is 4.72 Å². The van der Waals surface area contributed by atoms with Crippen LogP contribution >= 0.6 is 11.3 Å². The monoisotopic (exact) mass is 301 g/mol. The van der Waals surface area contributed by atoms with E-state index in [4.69, 9.17) is 5.11 Å². The van der Waals surface area contributed by atoms with Gasteiger partial charge in [-0.15, -0.1) is 11.3 Å². The second kappa shape index (κ2) is 4.67. The summed E-state index contributed by atoms with van der Waals surface area (Å²) in [6.45, 7) is 3.20. The van der Waals surface area contributed by atoms with E-state index in [1.165, 1.54) is 12.3 Å². The number of aromatic carboxylic acids is 1. The number of nitrogens with zero attached hydrogens (tertiary/aromatic N) is 1. The van der Waals surface area contributed by atoms with Gasteiger partial charge >= 0.3 is 5.97 Å². The fourth-order valence-corrected chi connectivity index (χ4v) is 3.88. The minimum atomic E-state index is -3.76. The lowest BCUT2D eigenvalue weighted by Gasteiger charge is -2.03. The van der Waals surface area contributed by atoms with Crippen LogP contribution in [-0.4, -0.2) is 29.7 Å². The van der Waals surface area contributed by atoms with Crippen LogP contribution in [0.2, 0.25) is 0 Å². The molecule has 2 rings (SSSR count). The number of hydrogen-bond donors (Lipinski definition) is 3. The third-order valence-electron chi connectivity index (χ3n) is 2.42. The standard InChI is InChI=1S/C10H11N3O4S2/c1-5-3-8(18-9(5)10(14)15)13-19(16,17)7-4-11-12-6(7)2/h3-4,13H,1-2H3,(H,11,12)(H,14,15). The van der Waals surface area contributed by atoms with E-state index in [1.54, 1.807) is 13.8 Å². The van der Waals surface area contributed by atoms with Crippen molar-refractivity contribution in [2.24, 2.45) is 0 Å². The summed E-state index contributed by atoms with van der Waals surface area (Å²) in [6.07, 6.45) is 1.20. The van der Waals surface area contributed by atoms with E-state index in [1.807, 2.05) is 0 Å². The molecule has 0 unspecified atom stereocenters. The van der Waals surface area contributed by atoms with Gasteiger partial charge in [0, 0.05) is 0 Å². The predicted octanol–water partition coefficient (Wildman–Crippen LogP) is 1.59. The van der Waals surface area contributed by atoms with Crippen molar-refractivity contribution in [3.05, 3.63) is 28.4 Å². The summed E-state index contributed by atoms with van der Waals surface area (Å²) >= 11 is 0.877. The van der Waals surface area contributed by atoms with Crippen molar-refractivity contribution in [2.45, 2.75) is 18.7 Å². The molecule has 0 aliphatic carbocycles. The summed E-state index contributed by atoms with van der Waals surface area (Å²) < 4.78 is 26.5. The summed E-state index contributed by atoms with van der Waals surface area (Å²) in [5.41, 5.74) is 0.929. The van der Waals surface area contributed by atoms with Crippen molar-refractivity contribution in [1.82, 2.24) is 10.2 Å². The summed E-state index contributed by atoms with van der Waals surface area (Å²) in [4.78, 5) is 11.1. The Kier molecular flexibility index (Phi) is 3.33. The van der Waals surface area contributed by atoms with Crippen molar-refractivity contribution < 1.29 is 18.3 Å². The van der Waals surface area contributed by atoms with Gasteiger partial charge in [-0.3, -0.25) is 9.82 Å². The van der Waals surface area contributed by atoms with Crippen LogP contribution in [0.5, 0.6) is 0 Å². The Hall–Kier alpha value is -1.87. The summed E-state index contributed by atoms with van der Waals surface area (Å²) in [6, 6.07) is 1.49. The first kappa shape index (κ1) is 13.6. The number of carboxylic acids is 1. The van der Waals surface area contributed by atoms with Gasteiger partial charge in [-0.25, -0.2) is 13.2 Å². The molecule has 2 aromatic rings. The Labute approximate surface area is 113 Å². The zero-order chi connectivity index (χ0) is 14.2. The van der Waals surface area contributed by atoms with Crippen LogP contribution in [0, 0.1) is 13.8 Å². The van der Waals surface area contributed by atoms with Crippen molar-refractivity contribution in [1.29, 1.82) is 0 Å². The fourth-order valence-electron chi connectivity index (χ4n) is 1.54. The number of carbonyl (C=O) groups is 1. The smallest absolute Gasteiger partial charge is 0.346 e. The molecule has 7 nitrogen and oxygen atoms in total. The van der Waals surface area contributed by atoms with Gasteiger partial charge in [0.25, 0.3) is 10.0 Å². The molecule has 3 N–H and O–H groups in total. The van der Waals surface area contributed by atoms with E-state index in [2.05, 4.69) is 14.9 Å². The zero-order valence-electron chi connectivity index (χ0n) is 10.1. The topological polar surface area (TPSA) is 112 Å². The first-order valence-corrected chi connectivity index (χ1v) is 7.48. The number of rotatable bonds is 4. The number of H-pyrrole nitrogens is 1.